The predicted molar refractivity (Wildman–Crippen MR) is 87.5 cm³/mol. The molecule has 5 rings (SSSR count). The molecule has 5 fully saturated rings. The molecule has 0 aromatic carbocycles. The number of rotatable bonds is 10. The average molecular weight is 338 g/mol. The zero-order chi connectivity index (χ0) is 15.9. The maximum absolute atomic E-state index is 5.48. The molecule has 4 aliphatic heterocycles. The van der Waals surface area contributed by atoms with Crippen molar-refractivity contribution >= 4 is 0 Å². The fraction of sp³-hybridized carbons (Fsp3) is 1.00. The van der Waals surface area contributed by atoms with Gasteiger partial charge >= 0.3 is 0 Å². The Kier molecular flexibility index (Phi) is 4.54. The molecule has 5 aliphatic rings. The summed E-state index contributed by atoms with van der Waals surface area (Å²) < 4.78 is 21.9. The van der Waals surface area contributed by atoms with E-state index >= 15 is 0 Å². The standard InChI is InChI=1S/C18H30N2O4/c1-2-12(4-5-20(16-10-23-16)17-11-24-17)6-13(3-1)7-19-18(14-8-21-14)15-9-22-15/h12-19H,1-11H2. The zero-order valence-electron chi connectivity index (χ0n) is 14.4. The molecule has 0 aromatic heterocycles. The van der Waals surface area contributed by atoms with Crippen LogP contribution in [0.2, 0.25) is 0 Å². The summed E-state index contributed by atoms with van der Waals surface area (Å²) in [5.74, 6) is 1.67. The maximum atomic E-state index is 5.48. The van der Waals surface area contributed by atoms with Gasteiger partial charge in [0.05, 0.1) is 44.7 Å². The van der Waals surface area contributed by atoms with E-state index in [-0.39, 0.29) is 0 Å². The maximum Gasteiger partial charge on any atom is 0.136 e. The second-order valence-corrected chi connectivity index (χ2v) is 8.18. The smallest absolute Gasteiger partial charge is 0.136 e. The summed E-state index contributed by atoms with van der Waals surface area (Å²) in [6.45, 7) is 5.87. The molecule has 4 heterocycles. The van der Waals surface area contributed by atoms with Crippen molar-refractivity contribution in [1.82, 2.24) is 10.2 Å². The third-order valence-electron chi connectivity index (χ3n) is 6.22. The van der Waals surface area contributed by atoms with Crippen molar-refractivity contribution in [3.05, 3.63) is 0 Å². The average Bonchev–Trinajstić information content (AvgIpc) is 3.46. The molecule has 0 aromatic rings. The molecule has 6 heteroatoms. The van der Waals surface area contributed by atoms with Crippen LogP contribution in [0.15, 0.2) is 0 Å². The molecule has 6 atom stereocenters. The molecule has 136 valence electrons. The molecule has 6 unspecified atom stereocenters. The van der Waals surface area contributed by atoms with Gasteiger partial charge in [-0.1, -0.05) is 12.8 Å². The molecule has 1 aliphatic carbocycles. The van der Waals surface area contributed by atoms with E-state index < -0.39 is 0 Å². The predicted octanol–water partition coefficient (Wildman–Crippen LogP) is 0.953. The zero-order valence-corrected chi connectivity index (χ0v) is 14.4. The number of ether oxygens (including phenoxy) is 4. The molecule has 1 saturated carbocycles. The van der Waals surface area contributed by atoms with Crippen LogP contribution in [0.25, 0.3) is 0 Å². The highest BCUT2D eigenvalue weighted by Crippen LogP contribution is 2.34. The number of epoxide rings is 4. The first kappa shape index (κ1) is 16.0. The van der Waals surface area contributed by atoms with E-state index in [0.717, 1.165) is 51.4 Å². The lowest BCUT2D eigenvalue weighted by molar-refractivity contribution is 0.0993. The fourth-order valence-electron chi connectivity index (χ4n) is 4.45. The van der Waals surface area contributed by atoms with Gasteiger partial charge in [0.15, 0.2) is 0 Å². The van der Waals surface area contributed by atoms with Crippen LogP contribution in [-0.4, -0.2) is 75.1 Å². The first-order valence-corrected chi connectivity index (χ1v) is 9.82. The van der Waals surface area contributed by atoms with Crippen molar-refractivity contribution < 1.29 is 18.9 Å². The first-order chi connectivity index (χ1) is 11.9. The molecular weight excluding hydrogens is 308 g/mol. The topological polar surface area (TPSA) is 65.4 Å². The summed E-state index contributed by atoms with van der Waals surface area (Å²) in [6.07, 6.45) is 8.29. The highest BCUT2D eigenvalue weighted by molar-refractivity contribution is 4.96. The summed E-state index contributed by atoms with van der Waals surface area (Å²) in [4.78, 5) is 2.42. The van der Waals surface area contributed by atoms with E-state index in [2.05, 4.69) is 10.2 Å². The third kappa shape index (κ3) is 4.11. The first-order valence-electron chi connectivity index (χ1n) is 9.82. The van der Waals surface area contributed by atoms with E-state index in [1.165, 1.54) is 32.1 Å². The van der Waals surface area contributed by atoms with E-state index in [1.54, 1.807) is 0 Å². The van der Waals surface area contributed by atoms with Crippen LogP contribution in [-0.2, 0) is 18.9 Å². The van der Waals surface area contributed by atoms with Gasteiger partial charge in [-0.15, -0.1) is 0 Å². The SMILES string of the molecule is C1CC(CCN(C2CO2)C2CO2)CC(CNC(C2CO2)C2CO2)C1. The second-order valence-electron chi connectivity index (χ2n) is 8.18. The lowest BCUT2D eigenvalue weighted by atomic mass is 9.79. The monoisotopic (exact) mass is 338 g/mol. The summed E-state index contributed by atoms with van der Waals surface area (Å²) in [5.41, 5.74) is 0. The largest absolute Gasteiger partial charge is 0.371 e. The number of hydrogen-bond donors (Lipinski definition) is 1. The van der Waals surface area contributed by atoms with Crippen LogP contribution >= 0.6 is 0 Å². The molecule has 0 radical (unpaired) electrons. The van der Waals surface area contributed by atoms with Gasteiger partial charge in [0.1, 0.15) is 12.5 Å². The highest BCUT2D eigenvalue weighted by Gasteiger charge is 2.44. The van der Waals surface area contributed by atoms with E-state index in [1.807, 2.05) is 0 Å². The number of hydrogen-bond acceptors (Lipinski definition) is 6. The summed E-state index contributed by atoms with van der Waals surface area (Å²) >= 11 is 0. The third-order valence-corrected chi connectivity index (χ3v) is 6.22. The van der Waals surface area contributed by atoms with Gasteiger partial charge in [0.25, 0.3) is 0 Å². The molecule has 0 amide bonds. The molecule has 24 heavy (non-hydrogen) atoms. The Morgan fingerprint density at radius 1 is 0.875 bits per heavy atom. The van der Waals surface area contributed by atoms with Crippen molar-refractivity contribution in [2.45, 2.75) is 62.8 Å². The van der Waals surface area contributed by atoms with Crippen molar-refractivity contribution in [2.75, 3.05) is 39.5 Å². The van der Waals surface area contributed by atoms with Crippen LogP contribution in [0.1, 0.15) is 32.1 Å². The van der Waals surface area contributed by atoms with Crippen LogP contribution < -0.4 is 5.32 Å². The summed E-state index contributed by atoms with van der Waals surface area (Å²) in [6, 6.07) is 0.430. The van der Waals surface area contributed by atoms with Crippen molar-refractivity contribution in [1.29, 1.82) is 0 Å². The molecule has 0 bridgehead atoms. The second kappa shape index (κ2) is 6.82. The van der Waals surface area contributed by atoms with Gasteiger partial charge < -0.3 is 24.3 Å². The van der Waals surface area contributed by atoms with Gasteiger partial charge in [0, 0.05) is 6.54 Å². The Morgan fingerprint density at radius 3 is 2.08 bits per heavy atom. The lowest BCUT2D eigenvalue weighted by Gasteiger charge is -2.31. The van der Waals surface area contributed by atoms with Gasteiger partial charge in [-0.25, -0.2) is 4.90 Å². The van der Waals surface area contributed by atoms with Crippen LogP contribution in [0, 0.1) is 11.8 Å². The van der Waals surface area contributed by atoms with Gasteiger partial charge in [0.2, 0.25) is 0 Å². The fourth-order valence-corrected chi connectivity index (χ4v) is 4.45. The number of nitrogens with one attached hydrogen (secondary N) is 1. The Morgan fingerprint density at radius 2 is 1.50 bits per heavy atom. The van der Waals surface area contributed by atoms with Gasteiger partial charge in [-0.2, -0.15) is 0 Å². The van der Waals surface area contributed by atoms with Crippen molar-refractivity contribution in [3.63, 3.8) is 0 Å². The van der Waals surface area contributed by atoms with Crippen molar-refractivity contribution in [3.8, 4) is 0 Å². The Labute approximate surface area is 144 Å². The molecule has 0 spiro atoms. The lowest BCUT2D eigenvalue weighted by Crippen LogP contribution is -2.42. The van der Waals surface area contributed by atoms with Crippen LogP contribution in [0.5, 0.6) is 0 Å². The van der Waals surface area contributed by atoms with Gasteiger partial charge in [-0.3, -0.25) is 0 Å². The normalized spacial score (nSPS) is 44.4. The van der Waals surface area contributed by atoms with Crippen LogP contribution in [0.3, 0.4) is 0 Å². The van der Waals surface area contributed by atoms with Crippen LogP contribution in [0.4, 0.5) is 0 Å². The number of nitrogens with zero attached hydrogens (tertiary/aromatic N) is 1. The minimum Gasteiger partial charge on any atom is -0.371 e. The molecule has 6 nitrogen and oxygen atoms in total. The quantitative estimate of drug-likeness (QED) is 0.599. The van der Waals surface area contributed by atoms with E-state index in [0.29, 0.717) is 30.7 Å². The van der Waals surface area contributed by atoms with E-state index in [4.69, 9.17) is 18.9 Å². The van der Waals surface area contributed by atoms with E-state index in [9.17, 15) is 0 Å². The summed E-state index contributed by atoms with van der Waals surface area (Å²) in [7, 11) is 0. The van der Waals surface area contributed by atoms with Gasteiger partial charge in [-0.05, 0) is 37.6 Å². The summed E-state index contributed by atoms with van der Waals surface area (Å²) in [5, 5.41) is 3.75. The van der Waals surface area contributed by atoms with Crippen molar-refractivity contribution in [2.24, 2.45) is 11.8 Å². The minimum absolute atomic E-state index is 0.344. The molecular formula is C18H30N2O4. The molecule has 4 saturated heterocycles. The Hall–Kier alpha value is -0.240. The minimum atomic E-state index is 0.344. The Balaban J connectivity index is 1.06. The highest BCUT2D eigenvalue weighted by atomic mass is 16.6. The Bertz CT molecular complexity index is 373. The molecule has 1 N–H and O–H groups in total.